The quantitative estimate of drug-likeness (QED) is 0.673. The second-order valence-corrected chi connectivity index (χ2v) is 9.89. The van der Waals surface area contributed by atoms with E-state index < -0.39 is 5.60 Å². The molecule has 1 amide bonds. The van der Waals surface area contributed by atoms with E-state index in [1.54, 1.807) is 0 Å². The first kappa shape index (κ1) is 20.0. The second-order valence-electron chi connectivity index (χ2n) is 8.64. The molecule has 1 unspecified atom stereocenters. The molecule has 27 heavy (non-hydrogen) atoms. The van der Waals surface area contributed by atoms with Crippen LogP contribution in [0.3, 0.4) is 0 Å². The molecule has 0 saturated carbocycles. The highest BCUT2D eigenvalue weighted by Gasteiger charge is 2.33. The van der Waals surface area contributed by atoms with Crippen molar-refractivity contribution in [1.82, 2.24) is 9.88 Å². The number of benzene rings is 1. The molecule has 1 aromatic carbocycles. The summed E-state index contributed by atoms with van der Waals surface area (Å²) in [7, 11) is 0. The van der Waals surface area contributed by atoms with Crippen LogP contribution >= 0.6 is 11.8 Å². The number of likely N-dealkylation sites (tertiary alicyclic amines) is 1. The van der Waals surface area contributed by atoms with Crippen LogP contribution in [0.5, 0.6) is 0 Å². The van der Waals surface area contributed by atoms with Crippen LogP contribution in [-0.4, -0.2) is 39.9 Å². The van der Waals surface area contributed by atoms with E-state index in [0.717, 1.165) is 19.5 Å². The van der Waals surface area contributed by atoms with Gasteiger partial charge in [0.1, 0.15) is 5.60 Å². The van der Waals surface area contributed by atoms with Crippen molar-refractivity contribution in [3.63, 3.8) is 0 Å². The summed E-state index contributed by atoms with van der Waals surface area (Å²) in [5.41, 5.74) is -0.452. The summed E-state index contributed by atoms with van der Waals surface area (Å²) in [6, 6.07) is 8.63. The number of pyridine rings is 1. The number of nitrogens with zero attached hydrogens (tertiary/aromatic N) is 2. The van der Waals surface area contributed by atoms with E-state index in [0.29, 0.717) is 17.1 Å². The van der Waals surface area contributed by atoms with Crippen LogP contribution in [-0.2, 0) is 4.74 Å². The van der Waals surface area contributed by atoms with Crippen molar-refractivity contribution in [2.24, 2.45) is 11.8 Å². The largest absolute Gasteiger partial charge is 0.444 e. The fourth-order valence-electron chi connectivity index (χ4n) is 3.64. The van der Waals surface area contributed by atoms with Crippen LogP contribution in [0.15, 0.2) is 41.6 Å². The Hall–Kier alpha value is -1.75. The summed E-state index contributed by atoms with van der Waals surface area (Å²) in [6.07, 6.45) is 4.55. The van der Waals surface area contributed by atoms with E-state index in [1.165, 1.54) is 15.7 Å². The third-order valence-electron chi connectivity index (χ3n) is 5.02. The van der Waals surface area contributed by atoms with Gasteiger partial charge in [-0.25, -0.2) is 4.79 Å². The summed E-state index contributed by atoms with van der Waals surface area (Å²) in [5, 5.41) is 2.86. The predicted octanol–water partition coefficient (Wildman–Crippen LogP) is 5.61. The van der Waals surface area contributed by atoms with Crippen molar-refractivity contribution >= 4 is 28.6 Å². The summed E-state index contributed by atoms with van der Waals surface area (Å²) in [4.78, 5) is 19.9. The Balaban J connectivity index is 1.72. The van der Waals surface area contributed by atoms with Crippen molar-refractivity contribution in [3.05, 3.63) is 36.7 Å². The van der Waals surface area contributed by atoms with Gasteiger partial charge >= 0.3 is 6.09 Å². The Labute approximate surface area is 166 Å². The molecule has 0 aliphatic carbocycles. The highest BCUT2D eigenvalue weighted by molar-refractivity contribution is 8.00. The number of rotatable bonds is 2. The van der Waals surface area contributed by atoms with Crippen molar-refractivity contribution in [2.75, 3.05) is 13.1 Å². The highest BCUT2D eigenvalue weighted by atomic mass is 32.2. The normalized spacial score (nSPS) is 23.9. The standard InChI is InChI=1S/C22H30N2O2S/c1-15-9-11-24(21(25)26-22(3,4)5)14-16(2)20(15)27-19-7-6-18-13-23-10-8-17(18)12-19/h6-8,10,12-13,15-16,20H,9,11,14H2,1-5H3/t15-,16-,20?/m0/s1. The maximum Gasteiger partial charge on any atom is 0.410 e. The van der Waals surface area contributed by atoms with E-state index in [2.05, 4.69) is 43.1 Å². The van der Waals surface area contributed by atoms with E-state index in [4.69, 9.17) is 4.74 Å². The molecule has 1 saturated heterocycles. The van der Waals surface area contributed by atoms with Gasteiger partial charge in [0.15, 0.2) is 0 Å². The molecule has 0 bridgehead atoms. The first-order valence-corrected chi connectivity index (χ1v) is 10.6. The molecule has 3 atom stereocenters. The zero-order chi connectivity index (χ0) is 19.6. The summed E-state index contributed by atoms with van der Waals surface area (Å²) in [5.74, 6) is 0.929. The van der Waals surface area contributed by atoms with Gasteiger partial charge in [0.25, 0.3) is 0 Å². The van der Waals surface area contributed by atoms with E-state index in [-0.39, 0.29) is 6.09 Å². The number of carbonyl (C=O) groups excluding carboxylic acids is 1. The maximum absolute atomic E-state index is 12.5. The summed E-state index contributed by atoms with van der Waals surface area (Å²) < 4.78 is 5.59. The minimum Gasteiger partial charge on any atom is -0.444 e. The number of amides is 1. The second kappa shape index (κ2) is 8.09. The van der Waals surface area contributed by atoms with Gasteiger partial charge in [0.05, 0.1) is 0 Å². The predicted molar refractivity (Wildman–Crippen MR) is 112 cm³/mol. The Bertz CT molecular complexity index is 802. The smallest absolute Gasteiger partial charge is 0.410 e. The number of aromatic nitrogens is 1. The first-order valence-electron chi connectivity index (χ1n) is 9.71. The molecule has 3 rings (SSSR count). The lowest BCUT2D eigenvalue weighted by molar-refractivity contribution is 0.0238. The van der Waals surface area contributed by atoms with E-state index in [9.17, 15) is 4.79 Å². The molecule has 0 N–H and O–H groups in total. The Morgan fingerprint density at radius 3 is 2.70 bits per heavy atom. The molecule has 4 nitrogen and oxygen atoms in total. The number of hydrogen-bond acceptors (Lipinski definition) is 4. The van der Waals surface area contributed by atoms with Gasteiger partial charge in [0.2, 0.25) is 0 Å². The number of hydrogen-bond donors (Lipinski definition) is 0. The van der Waals surface area contributed by atoms with E-state index in [1.807, 2.05) is 49.8 Å². The highest BCUT2D eigenvalue weighted by Crippen LogP contribution is 2.38. The number of thioether (sulfide) groups is 1. The molecule has 1 fully saturated rings. The minimum atomic E-state index is -0.452. The van der Waals surface area contributed by atoms with Crippen LogP contribution in [0.1, 0.15) is 41.0 Å². The SMILES string of the molecule is C[C@H]1CCN(C(=O)OC(C)(C)C)C[C@H](C)C1Sc1ccc2cnccc2c1. The number of fused-ring (bicyclic) bond motifs is 1. The molecule has 1 aromatic heterocycles. The monoisotopic (exact) mass is 386 g/mol. The molecule has 2 heterocycles. The van der Waals surface area contributed by atoms with Crippen molar-refractivity contribution in [1.29, 1.82) is 0 Å². The van der Waals surface area contributed by atoms with Gasteiger partial charge in [-0.05, 0) is 62.6 Å². The third-order valence-corrected chi connectivity index (χ3v) is 6.75. The van der Waals surface area contributed by atoms with E-state index >= 15 is 0 Å². The topological polar surface area (TPSA) is 42.4 Å². The lowest BCUT2D eigenvalue weighted by atomic mass is 9.96. The van der Waals surface area contributed by atoms with Gasteiger partial charge < -0.3 is 9.64 Å². The van der Waals surface area contributed by atoms with Crippen LogP contribution in [0.4, 0.5) is 4.79 Å². The average Bonchev–Trinajstić information content (AvgIpc) is 2.73. The Kier molecular flexibility index (Phi) is 5.99. The average molecular weight is 387 g/mol. The molecule has 1 aliphatic heterocycles. The van der Waals surface area contributed by atoms with Gasteiger partial charge in [-0.2, -0.15) is 0 Å². The molecule has 2 aromatic rings. The first-order chi connectivity index (χ1) is 12.7. The van der Waals surface area contributed by atoms with Gasteiger partial charge in [-0.15, -0.1) is 11.8 Å². The van der Waals surface area contributed by atoms with Gasteiger partial charge in [-0.1, -0.05) is 19.9 Å². The Morgan fingerprint density at radius 2 is 1.96 bits per heavy atom. The zero-order valence-electron chi connectivity index (χ0n) is 16.9. The lowest BCUT2D eigenvalue weighted by Gasteiger charge is -2.29. The molecular weight excluding hydrogens is 356 g/mol. The fourth-order valence-corrected chi connectivity index (χ4v) is 4.99. The third kappa shape index (κ3) is 5.16. The van der Waals surface area contributed by atoms with Crippen molar-refractivity contribution < 1.29 is 9.53 Å². The maximum atomic E-state index is 12.5. The number of ether oxygens (including phenoxy) is 1. The Morgan fingerprint density at radius 1 is 1.19 bits per heavy atom. The molecule has 1 aliphatic rings. The minimum absolute atomic E-state index is 0.189. The van der Waals surface area contributed by atoms with Crippen molar-refractivity contribution in [3.8, 4) is 0 Å². The molecule has 0 radical (unpaired) electrons. The number of carbonyl (C=O) groups is 1. The van der Waals surface area contributed by atoms with Crippen LogP contribution in [0.2, 0.25) is 0 Å². The van der Waals surface area contributed by atoms with Crippen LogP contribution in [0.25, 0.3) is 10.8 Å². The fraction of sp³-hybridized carbons (Fsp3) is 0.545. The van der Waals surface area contributed by atoms with Crippen LogP contribution < -0.4 is 0 Å². The van der Waals surface area contributed by atoms with Gasteiger partial charge in [-0.3, -0.25) is 4.98 Å². The van der Waals surface area contributed by atoms with Gasteiger partial charge in [0, 0.05) is 41.0 Å². The zero-order valence-corrected chi connectivity index (χ0v) is 17.8. The summed E-state index contributed by atoms with van der Waals surface area (Å²) in [6.45, 7) is 11.8. The molecule has 0 spiro atoms. The van der Waals surface area contributed by atoms with Crippen molar-refractivity contribution in [2.45, 2.75) is 56.8 Å². The lowest BCUT2D eigenvalue weighted by Crippen LogP contribution is -2.39. The van der Waals surface area contributed by atoms with Crippen LogP contribution in [0, 0.1) is 11.8 Å². The molecule has 5 heteroatoms. The molecule has 146 valence electrons. The molecular formula is C22H30N2O2S. The summed E-state index contributed by atoms with van der Waals surface area (Å²) >= 11 is 1.94.